The van der Waals surface area contributed by atoms with Gasteiger partial charge in [0.25, 0.3) is 15.9 Å². The van der Waals surface area contributed by atoms with Crippen LogP contribution in [0.4, 0.5) is 0 Å². The molecule has 1 aliphatic rings. The number of rotatable bonds is 7. The standard InChI is InChI=1S/C22H26N2O5S/c1-15(2)24-22(25)20(21(30(24,26)27)17-8-6-5-7-9-17)23-13-12-16-10-11-18(28-3)19(14-16)29-4/h5-11,14-15,21H,12-13H2,1-4H3. The van der Waals surface area contributed by atoms with Gasteiger partial charge >= 0.3 is 0 Å². The van der Waals surface area contributed by atoms with Crippen LogP contribution in [0.15, 0.2) is 53.5 Å². The van der Waals surface area contributed by atoms with E-state index < -0.39 is 27.2 Å². The van der Waals surface area contributed by atoms with Crippen LogP contribution >= 0.6 is 0 Å². The second-order valence-corrected chi connectivity index (χ2v) is 9.13. The first-order valence-corrected chi connectivity index (χ1v) is 11.2. The lowest BCUT2D eigenvalue weighted by atomic mass is 10.1. The number of carbonyl (C=O) groups excluding carboxylic acids is 1. The highest BCUT2D eigenvalue weighted by Crippen LogP contribution is 2.36. The fourth-order valence-electron chi connectivity index (χ4n) is 3.57. The van der Waals surface area contributed by atoms with Gasteiger partial charge in [0, 0.05) is 12.6 Å². The Morgan fingerprint density at radius 1 is 1.03 bits per heavy atom. The first-order chi connectivity index (χ1) is 14.3. The molecule has 1 aliphatic heterocycles. The Hall–Kier alpha value is -2.87. The summed E-state index contributed by atoms with van der Waals surface area (Å²) in [7, 11) is -0.743. The predicted octanol–water partition coefficient (Wildman–Crippen LogP) is 3.01. The van der Waals surface area contributed by atoms with Crippen LogP contribution in [-0.4, -0.2) is 51.1 Å². The molecular weight excluding hydrogens is 404 g/mol. The van der Waals surface area contributed by atoms with E-state index in [-0.39, 0.29) is 12.3 Å². The number of benzene rings is 2. The van der Waals surface area contributed by atoms with Crippen molar-refractivity contribution in [2.24, 2.45) is 4.99 Å². The zero-order chi connectivity index (χ0) is 21.9. The van der Waals surface area contributed by atoms with E-state index in [1.54, 1.807) is 64.5 Å². The summed E-state index contributed by atoms with van der Waals surface area (Å²) >= 11 is 0. The highest BCUT2D eigenvalue weighted by atomic mass is 32.2. The van der Waals surface area contributed by atoms with Crippen LogP contribution in [0.3, 0.4) is 0 Å². The van der Waals surface area contributed by atoms with Crippen molar-refractivity contribution in [3.8, 4) is 11.5 Å². The van der Waals surface area contributed by atoms with Crippen LogP contribution in [0, 0.1) is 0 Å². The van der Waals surface area contributed by atoms with E-state index >= 15 is 0 Å². The lowest BCUT2D eigenvalue weighted by Crippen LogP contribution is -2.37. The number of hydrogen-bond donors (Lipinski definition) is 0. The maximum absolute atomic E-state index is 13.1. The Balaban J connectivity index is 1.92. The van der Waals surface area contributed by atoms with Crippen LogP contribution < -0.4 is 9.47 Å². The average molecular weight is 431 g/mol. The molecule has 1 saturated heterocycles. The summed E-state index contributed by atoms with van der Waals surface area (Å²) in [6, 6.07) is 13.8. The van der Waals surface area contributed by atoms with E-state index in [1.165, 1.54) is 0 Å². The SMILES string of the molecule is COc1ccc(CCN=C2C(=O)N(C(C)C)S(=O)(=O)C2c2ccccc2)cc1OC. The number of sulfonamides is 1. The zero-order valence-corrected chi connectivity index (χ0v) is 18.3. The van der Waals surface area contributed by atoms with Gasteiger partial charge in [0.2, 0.25) is 0 Å². The van der Waals surface area contributed by atoms with E-state index in [2.05, 4.69) is 4.99 Å². The monoisotopic (exact) mass is 430 g/mol. The van der Waals surface area contributed by atoms with Crippen molar-refractivity contribution >= 4 is 21.6 Å². The number of aliphatic imine (C=N–C) groups is 1. The summed E-state index contributed by atoms with van der Waals surface area (Å²) in [5, 5.41) is -1.08. The molecule has 0 aromatic heterocycles. The number of methoxy groups -OCH3 is 2. The lowest BCUT2D eigenvalue weighted by Gasteiger charge is -2.19. The molecule has 0 aliphatic carbocycles. The smallest absolute Gasteiger partial charge is 0.283 e. The van der Waals surface area contributed by atoms with Crippen molar-refractivity contribution in [2.75, 3.05) is 20.8 Å². The molecule has 1 amide bonds. The van der Waals surface area contributed by atoms with Crippen LogP contribution in [0.2, 0.25) is 0 Å². The summed E-state index contributed by atoms with van der Waals surface area (Å²) in [4.78, 5) is 17.4. The Kier molecular flexibility index (Phi) is 6.45. The number of carbonyl (C=O) groups is 1. The van der Waals surface area contributed by atoms with Gasteiger partial charge in [-0.1, -0.05) is 36.4 Å². The zero-order valence-electron chi connectivity index (χ0n) is 17.5. The fraction of sp³-hybridized carbons (Fsp3) is 0.364. The summed E-state index contributed by atoms with van der Waals surface area (Å²) in [5.74, 6) is 0.683. The second kappa shape index (κ2) is 8.87. The molecule has 0 saturated carbocycles. The molecule has 160 valence electrons. The average Bonchev–Trinajstić information content (AvgIpc) is 2.93. The van der Waals surface area contributed by atoms with Crippen LogP contribution in [-0.2, 0) is 21.2 Å². The fourth-order valence-corrected chi connectivity index (χ4v) is 5.67. The molecule has 7 nitrogen and oxygen atoms in total. The summed E-state index contributed by atoms with van der Waals surface area (Å²) in [5.41, 5.74) is 1.55. The number of amides is 1. The van der Waals surface area contributed by atoms with E-state index in [1.807, 2.05) is 12.1 Å². The minimum atomic E-state index is -3.88. The van der Waals surface area contributed by atoms with Crippen molar-refractivity contribution < 1.29 is 22.7 Å². The molecule has 1 heterocycles. The molecule has 0 spiro atoms. The molecule has 2 aromatic carbocycles. The number of hydrogen-bond acceptors (Lipinski definition) is 6. The molecule has 30 heavy (non-hydrogen) atoms. The molecule has 1 unspecified atom stereocenters. The Bertz CT molecular complexity index is 1050. The van der Waals surface area contributed by atoms with Crippen LogP contribution in [0.25, 0.3) is 0 Å². The highest BCUT2D eigenvalue weighted by molar-refractivity contribution is 7.91. The Labute approximate surface area is 177 Å². The molecule has 1 fully saturated rings. The lowest BCUT2D eigenvalue weighted by molar-refractivity contribution is -0.120. The van der Waals surface area contributed by atoms with Crippen LogP contribution in [0.1, 0.15) is 30.2 Å². The Morgan fingerprint density at radius 3 is 2.30 bits per heavy atom. The van der Waals surface area contributed by atoms with Gasteiger partial charge < -0.3 is 9.47 Å². The third-order valence-electron chi connectivity index (χ3n) is 4.94. The molecule has 3 rings (SSSR count). The molecule has 0 radical (unpaired) electrons. The van der Waals surface area contributed by atoms with Gasteiger partial charge in [-0.25, -0.2) is 12.7 Å². The normalized spacial score (nSPS) is 19.5. The van der Waals surface area contributed by atoms with E-state index in [0.29, 0.717) is 23.5 Å². The van der Waals surface area contributed by atoms with Gasteiger partial charge in [-0.2, -0.15) is 0 Å². The van der Waals surface area contributed by atoms with Gasteiger partial charge in [-0.3, -0.25) is 9.79 Å². The summed E-state index contributed by atoms with van der Waals surface area (Å²) < 4.78 is 37.8. The van der Waals surface area contributed by atoms with E-state index in [9.17, 15) is 13.2 Å². The quantitative estimate of drug-likeness (QED) is 0.674. The summed E-state index contributed by atoms with van der Waals surface area (Å²) in [6.07, 6.45) is 0.528. The third kappa shape index (κ3) is 4.05. The molecule has 0 bridgehead atoms. The summed E-state index contributed by atoms with van der Waals surface area (Å²) in [6.45, 7) is 3.65. The molecule has 0 N–H and O–H groups in total. The third-order valence-corrected chi connectivity index (χ3v) is 7.17. The molecule has 2 aromatic rings. The van der Waals surface area contributed by atoms with E-state index in [0.717, 1.165) is 9.87 Å². The van der Waals surface area contributed by atoms with Gasteiger partial charge in [-0.05, 0) is 43.5 Å². The molecule has 8 heteroatoms. The van der Waals surface area contributed by atoms with Crippen molar-refractivity contribution in [1.82, 2.24) is 4.31 Å². The van der Waals surface area contributed by atoms with Crippen LogP contribution in [0.5, 0.6) is 11.5 Å². The largest absolute Gasteiger partial charge is 0.493 e. The van der Waals surface area contributed by atoms with Crippen molar-refractivity contribution in [3.63, 3.8) is 0 Å². The first kappa shape index (κ1) is 21.8. The van der Waals surface area contributed by atoms with Crippen molar-refractivity contribution in [1.29, 1.82) is 0 Å². The number of ether oxygens (including phenoxy) is 2. The maximum Gasteiger partial charge on any atom is 0.283 e. The molecular formula is C22H26N2O5S. The Morgan fingerprint density at radius 2 is 1.70 bits per heavy atom. The highest BCUT2D eigenvalue weighted by Gasteiger charge is 2.51. The number of nitrogens with zero attached hydrogens (tertiary/aromatic N) is 2. The van der Waals surface area contributed by atoms with Gasteiger partial charge in [0.15, 0.2) is 16.7 Å². The topological polar surface area (TPSA) is 85.3 Å². The minimum absolute atomic E-state index is 0.0652. The van der Waals surface area contributed by atoms with Gasteiger partial charge in [0.05, 0.1) is 14.2 Å². The van der Waals surface area contributed by atoms with Crippen molar-refractivity contribution in [2.45, 2.75) is 31.6 Å². The van der Waals surface area contributed by atoms with Crippen molar-refractivity contribution in [3.05, 3.63) is 59.7 Å². The minimum Gasteiger partial charge on any atom is -0.493 e. The van der Waals surface area contributed by atoms with E-state index in [4.69, 9.17) is 9.47 Å². The van der Waals surface area contributed by atoms with Gasteiger partial charge in [0.1, 0.15) is 5.71 Å². The van der Waals surface area contributed by atoms with Gasteiger partial charge in [-0.15, -0.1) is 0 Å². The second-order valence-electron chi connectivity index (χ2n) is 7.24. The predicted molar refractivity (Wildman–Crippen MR) is 116 cm³/mol. The first-order valence-electron chi connectivity index (χ1n) is 9.69. The molecule has 1 atom stereocenters. The maximum atomic E-state index is 13.1.